The molecule has 2 heterocycles. The van der Waals surface area contributed by atoms with Crippen LogP contribution < -0.4 is 10.1 Å². The Hall–Kier alpha value is -3.09. The number of carbonyl (C=O) groups excluding carboxylic acids is 1. The molecule has 0 spiro atoms. The van der Waals surface area contributed by atoms with Crippen LogP contribution in [-0.2, 0) is 17.8 Å². The highest BCUT2D eigenvalue weighted by Crippen LogP contribution is 2.23. The van der Waals surface area contributed by atoms with Crippen molar-refractivity contribution in [1.82, 2.24) is 14.8 Å². The summed E-state index contributed by atoms with van der Waals surface area (Å²) in [5, 5.41) is 3.13. The first-order valence-electron chi connectivity index (χ1n) is 11.1. The van der Waals surface area contributed by atoms with Crippen LogP contribution in [0.15, 0.2) is 54.6 Å². The lowest BCUT2D eigenvalue weighted by atomic mass is 10.1. The average Bonchev–Trinajstić information content (AvgIpc) is 3.13. The number of aromatic nitrogens is 1. The van der Waals surface area contributed by atoms with Gasteiger partial charge in [0.25, 0.3) is 5.91 Å². The largest absolute Gasteiger partial charge is 0.497 e. The van der Waals surface area contributed by atoms with Crippen molar-refractivity contribution in [3.63, 3.8) is 0 Å². The Bertz CT molecular complexity index is 1070. The number of rotatable bonds is 7. The molecule has 1 amide bonds. The fourth-order valence-electron chi connectivity index (χ4n) is 4.28. The molecule has 32 heavy (non-hydrogen) atoms. The Morgan fingerprint density at radius 1 is 1.03 bits per heavy atom. The smallest absolute Gasteiger partial charge is 0.253 e. The van der Waals surface area contributed by atoms with Crippen LogP contribution in [-0.4, -0.2) is 48.8 Å². The molecule has 0 atom stereocenters. The molecule has 0 unspecified atom stereocenters. The molecule has 1 aliphatic rings. The van der Waals surface area contributed by atoms with Gasteiger partial charge in [-0.15, -0.1) is 0 Å². The summed E-state index contributed by atoms with van der Waals surface area (Å²) in [4.78, 5) is 15.5. The van der Waals surface area contributed by atoms with Crippen LogP contribution in [0, 0.1) is 13.8 Å². The molecule has 0 saturated carbocycles. The number of carbonyl (C=O) groups is 1. The Balaban J connectivity index is 1.47. The quantitative estimate of drug-likeness (QED) is 0.615. The summed E-state index contributed by atoms with van der Waals surface area (Å²) in [6.45, 7) is 8.83. The first-order valence-corrected chi connectivity index (χ1v) is 11.1. The Morgan fingerprint density at radius 3 is 2.41 bits per heavy atom. The van der Waals surface area contributed by atoms with Crippen molar-refractivity contribution in [3.05, 3.63) is 82.7 Å². The molecule has 0 radical (unpaired) electrons. The predicted molar refractivity (Wildman–Crippen MR) is 126 cm³/mol. The van der Waals surface area contributed by atoms with Crippen molar-refractivity contribution < 1.29 is 14.3 Å². The third-order valence-electron chi connectivity index (χ3n) is 6.06. The van der Waals surface area contributed by atoms with Crippen LogP contribution >= 0.6 is 0 Å². The summed E-state index contributed by atoms with van der Waals surface area (Å²) in [6.07, 6.45) is 0. The van der Waals surface area contributed by atoms with Gasteiger partial charge >= 0.3 is 0 Å². The van der Waals surface area contributed by atoms with Crippen molar-refractivity contribution in [2.45, 2.75) is 26.9 Å². The number of aryl methyl sites for hydroxylation is 1. The molecule has 3 aromatic rings. The summed E-state index contributed by atoms with van der Waals surface area (Å²) in [6, 6.07) is 18.1. The molecule has 1 aromatic heterocycles. The number of nitrogens with one attached hydrogen (secondary N) is 1. The fraction of sp³-hybridized carbons (Fsp3) is 0.346. The SMILES string of the molecule is COc1ccc(-n2c(C)cc(C(=O)NCc3ccccc3CN3CCOCC3)c2C)cc1. The average molecular weight is 434 g/mol. The summed E-state index contributed by atoms with van der Waals surface area (Å²) < 4.78 is 12.8. The number of benzene rings is 2. The number of hydrogen-bond donors (Lipinski definition) is 1. The minimum atomic E-state index is -0.0564. The zero-order chi connectivity index (χ0) is 22.5. The maximum absolute atomic E-state index is 13.1. The molecular formula is C26H31N3O3. The minimum absolute atomic E-state index is 0.0564. The molecule has 1 fully saturated rings. The summed E-state index contributed by atoms with van der Waals surface area (Å²) in [5.74, 6) is 0.754. The lowest BCUT2D eigenvalue weighted by Gasteiger charge is -2.27. The molecule has 6 nitrogen and oxygen atoms in total. The minimum Gasteiger partial charge on any atom is -0.497 e. The maximum atomic E-state index is 13.1. The second-order valence-corrected chi connectivity index (χ2v) is 8.16. The number of methoxy groups -OCH3 is 1. The number of hydrogen-bond acceptors (Lipinski definition) is 4. The standard InChI is InChI=1S/C26H31N3O3/c1-19-16-25(20(2)29(19)23-8-10-24(31-3)11-9-23)26(30)27-17-21-6-4-5-7-22(21)18-28-12-14-32-15-13-28/h4-11,16H,12-15,17-18H2,1-3H3,(H,27,30). The number of ether oxygens (including phenoxy) is 2. The van der Waals surface area contributed by atoms with Gasteiger partial charge in [0.2, 0.25) is 0 Å². The highest BCUT2D eigenvalue weighted by molar-refractivity contribution is 5.95. The van der Waals surface area contributed by atoms with E-state index in [1.54, 1.807) is 7.11 Å². The van der Waals surface area contributed by atoms with Gasteiger partial charge in [-0.2, -0.15) is 0 Å². The van der Waals surface area contributed by atoms with Gasteiger partial charge in [-0.1, -0.05) is 24.3 Å². The number of morpholine rings is 1. The lowest BCUT2D eigenvalue weighted by Crippen LogP contribution is -2.36. The van der Waals surface area contributed by atoms with Gasteiger partial charge in [0, 0.05) is 43.3 Å². The van der Waals surface area contributed by atoms with Crippen LogP contribution in [0.3, 0.4) is 0 Å². The zero-order valence-electron chi connectivity index (χ0n) is 19.1. The lowest BCUT2D eigenvalue weighted by molar-refractivity contribution is 0.0340. The topological polar surface area (TPSA) is 55.7 Å². The molecule has 1 N–H and O–H groups in total. The van der Waals surface area contributed by atoms with E-state index in [2.05, 4.69) is 33.0 Å². The van der Waals surface area contributed by atoms with E-state index in [-0.39, 0.29) is 5.91 Å². The predicted octanol–water partition coefficient (Wildman–Crippen LogP) is 3.86. The van der Waals surface area contributed by atoms with E-state index in [1.807, 2.05) is 50.2 Å². The van der Waals surface area contributed by atoms with E-state index < -0.39 is 0 Å². The van der Waals surface area contributed by atoms with Gasteiger partial charge in [-0.05, 0) is 55.3 Å². The van der Waals surface area contributed by atoms with E-state index in [1.165, 1.54) is 5.56 Å². The van der Waals surface area contributed by atoms with E-state index in [0.29, 0.717) is 12.1 Å². The first-order chi connectivity index (χ1) is 15.6. The number of nitrogens with zero attached hydrogens (tertiary/aromatic N) is 2. The van der Waals surface area contributed by atoms with Crippen LogP contribution in [0.5, 0.6) is 5.75 Å². The summed E-state index contributed by atoms with van der Waals surface area (Å²) in [7, 11) is 1.66. The Labute approximate surface area is 189 Å². The van der Waals surface area contributed by atoms with Gasteiger partial charge in [-0.3, -0.25) is 9.69 Å². The molecule has 168 valence electrons. The summed E-state index contributed by atoms with van der Waals surface area (Å²) in [5.41, 5.74) is 6.05. The monoisotopic (exact) mass is 433 g/mol. The zero-order valence-corrected chi connectivity index (χ0v) is 19.1. The highest BCUT2D eigenvalue weighted by atomic mass is 16.5. The van der Waals surface area contributed by atoms with Crippen molar-refractivity contribution in [1.29, 1.82) is 0 Å². The van der Waals surface area contributed by atoms with Gasteiger partial charge in [-0.25, -0.2) is 0 Å². The normalized spacial score (nSPS) is 14.3. The van der Waals surface area contributed by atoms with Crippen molar-refractivity contribution in [2.75, 3.05) is 33.4 Å². The number of amides is 1. The van der Waals surface area contributed by atoms with Gasteiger partial charge in [0.1, 0.15) is 5.75 Å². The third kappa shape index (κ3) is 4.87. The Morgan fingerprint density at radius 2 is 1.72 bits per heavy atom. The van der Waals surface area contributed by atoms with Crippen LogP contribution in [0.25, 0.3) is 5.69 Å². The van der Waals surface area contributed by atoms with Gasteiger partial charge in [0.05, 0.1) is 25.9 Å². The van der Waals surface area contributed by atoms with Crippen molar-refractivity contribution in [3.8, 4) is 11.4 Å². The van der Waals surface area contributed by atoms with E-state index in [0.717, 1.165) is 61.2 Å². The first kappa shape index (κ1) is 22.1. The van der Waals surface area contributed by atoms with Crippen LogP contribution in [0.4, 0.5) is 0 Å². The van der Waals surface area contributed by atoms with Gasteiger partial charge in [0.15, 0.2) is 0 Å². The van der Waals surface area contributed by atoms with Crippen LogP contribution in [0.2, 0.25) is 0 Å². The molecule has 1 aliphatic heterocycles. The van der Waals surface area contributed by atoms with Crippen molar-refractivity contribution >= 4 is 5.91 Å². The molecular weight excluding hydrogens is 402 g/mol. The van der Waals surface area contributed by atoms with Crippen molar-refractivity contribution in [2.24, 2.45) is 0 Å². The summed E-state index contributed by atoms with van der Waals surface area (Å²) >= 11 is 0. The second kappa shape index (κ2) is 10.0. The highest BCUT2D eigenvalue weighted by Gasteiger charge is 2.18. The fourth-order valence-corrected chi connectivity index (χ4v) is 4.28. The maximum Gasteiger partial charge on any atom is 0.253 e. The molecule has 6 heteroatoms. The molecule has 0 bridgehead atoms. The molecule has 2 aromatic carbocycles. The van der Waals surface area contributed by atoms with Gasteiger partial charge < -0.3 is 19.4 Å². The van der Waals surface area contributed by atoms with E-state index in [9.17, 15) is 4.79 Å². The Kier molecular flexibility index (Phi) is 6.93. The second-order valence-electron chi connectivity index (χ2n) is 8.16. The molecule has 4 rings (SSSR count). The van der Waals surface area contributed by atoms with Crippen LogP contribution in [0.1, 0.15) is 32.9 Å². The third-order valence-corrected chi connectivity index (χ3v) is 6.06. The van der Waals surface area contributed by atoms with E-state index >= 15 is 0 Å². The molecule has 0 aliphatic carbocycles. The van der Waals surface area contributed by atoms with E-state index in [4.69, 9.17) is 9.47 Å². The molecule has 1 saturated heterocycles.